The highest BCUT2D eigenvalue weighted by molar-refractivity contribution is 7.93. The lowest BCUT2D eigenvalue weighted by molar-refractivity contribution is 0.325. The SMILES string of the molecule is CCOc1cncc(-c2cnc(N3CCCC3c3cncc(NS(=O)(=O)C4CC4)c3)s2)n1. The van der Waals surface area contributed by atoms with Crippen LogP contribution in [0.25, 0.3) is 10.6 Å². The average Bonchev–Trinajstić information content (AvgIpc) is 3.35. The van der Waals surface area contributed by atoms with Crippen LogP contribution >= 0.6 is 11.3 Å². The van der Waals surface area contributed by atoms with Crippen LogP contribution in [0, 0.1) is 0 Å². The van der Waals surface area contributed by atoms with Crippen LogP contribution in [-0.2, 0) is 10.0 Å². The molecule has 0 amide bonds. The maximum Gasteiger partial charge on any atom is 0.235 e. The summed E-state index contributed by atoms with van der Waals surface area (Å²) in [6, 6.07) is 1.98. The van der Waals surface area contributed by atoms with Gasteiger partial charge in [-0.05, 0) is 44.2 Å². The smallest absolute Gasteiger partial charge is 0.235 e. The van der Waals surface area contributed by atoms with Gasteiger partial charge in [0.1, 0.15) is 5.69 Å². The molecule has 1 aliphatic heterocycles. The average molecular weight is 473 g/mol. The number of rotatable bonds is 8. The topological polar surface area (TPSA) is 110 Å². The molecule has 2 fully saturated rings. The lowest BCUT2D eigenvalue weighted by Crippen LogP contribution is -2.23. The quantitative estimate of drug-likeness (QED) is 0.529. The maximum absolute atomic E-state index is 12.3. The maximum atomic E-state index is 12.3. The number of ether oxygens (including phenoxy) is 1. The second-order valence-electron chi connectivity index (χ2n) is 7.89. The van der Waals surface area contributed by atoms with Crippen LogP contribution < -0.4 is 14.4 Å². The first-order valence-electron chi connectivity index (χ1n) is 10.7. The van der Waals surface area contributed by atoms with Crippen molar-refractivity contribution in [3.8, 4) is 16.5 Å². The van der Waals surface area contributed by atoms with Crippen LogP contribution in [0.4, 0.5) is 10.8 Å². The molecule has 0 bridgehead atoms. The van der Waals surface area contributed by atoms with Crippen LogP contribution in [0.2, 0.25) is 0 Å². The second-order valence-corrected chi connectivity index (χ2v) is 10.9. The van der Waals surface area contributed by atoms with Crippen molar-refractivity contribution in [2.45, 2.75) is 43.9 Å². The second kappa shape index (κ2) is 8.62. The zero-order valence-electron chi connectivity index (χ0n) is 17.6. The van der Waals surface area contributed by atoms with E-state index in [4.69, 9.17) is 4.74 Å². The standard InChI is InChI=1S/C21H24N6O3S2/c1-2-30-20-13-23-11-17(25-20)19-12-24-21(31-19)27-7-3-4-18(27)14-8-15(10-22-9-14)26-32(28,29)16-5-6-16/h8-13,16,18,26H,2-7H2,1H3. The molecular weight excluding hydrogens is 448 g/mol. The number of thiazole rings is 1. The zero-order valence-corrected chi connectivity index (χ0v) is 19.3. The lowest BCUT2D eigenvalue weighted by atomic mass is 10.1. The van der Waals surface area contributed by atoms with Crippen molar-refractivity contribution in [2.75, 3.05) is 22.8 Å². The summed E-state index contributed by atoms with van der Waals surface area (Å²) in [5.41, 5.74) is 2.23. The minimum absolute atomic E-state index is 0.0905. The Kier molecular flexibility index (Phi) is 5.68. The summed E-state index contributed by atoms with van der Waals surface area (Å²) in [5.74, 6) is 0.496. The van der Waals surface area contributed by atoms with E-state index in [1.165, 1.54) is 0 Å². The molecule has 32 heavy (non-hydrogen) atoms. The minimum Gasteiger partial charge on any atom is -0.477 e. The van der Waals surface area contributed by atoms with Gasteiger partial charge in [0.25, 0.3) is 0 Å². The molecule has 3 aromatic heterocycles. The zero-order chi connectivity index (χ0) is 22.1. The van der Waals surface area contributed by atoms with Gasteiger partial charge in [0.05, 0.1) is 47.1 Å². The Morgan fingerprint density at radius 1 is 1.16 bits per heavy atom. The summed E-state index contributed by atoms with van der Waals surface area (Å²) in [7, 11) is -3.32. The molecule has 2 aliphatic rings. The van der Waals surface area contributed by atoms with Crippen molar-refractivity contribution >= 4 is 32.2 Å². The summed E-state index contributed by atoms with van der Waals surface area (Å²) in [6.07, 6.45) is 11.9. The molecule has 1 saturated carbocycles. The van der Waals surface area contributed by atoms with Gasteiger partial charge in [0.15, 0.2) is 5.13 Å². The number of sulfonamides is 1. The first kappa shape index (κ1) is 21.1. The largest absolute Gasteiger partial charge is 0.477 e. The fourth-order valence-electron chi connectivity index (χ4n) is 3.86. The van der Waals surface area contributed by atoms with Gasteiger partial charge < -0.3 is 9.64 Å². The van der Waals surface area contributed by atoms with Gasteiger partial charge in [-0.2, -0.15) is 0 Å². The van der Waals surface area contributed by atoms with Gasteiger partial charge >= 0.3 is 0 Å². The molecule has 0 aromatic carbocycles. The summed E-state index contributed by atoms with van der Waals surface area (Å²) in [6.45, 7) is 3.32. The molecule has 1 aliphatic carbocycles. The van der Waals surface area contributed by atoms with E-state index in [1.54, 1.807) is 29.9 Å². The lowest BCUT2D eigenvalue weighted by Gasteiger charge is -2.24. The van der Waals surface area contributed by atoms with Crippen molar-refractivity contribution in [2.24, 2.45) is 0 Å². The highest BCUT2D eigenvalue weighted by Crippen LogP contribution is 2.40. The van der Waals surface area contributed by atoms with Crippen LogP contribution in [0.1, 0.15) is 44.2 Å². The van der Waals surface area contributed by atoms with E-state index >= 15 is 0 Å². The van der Waals surface area contributed by atoms with Gasteiger partial charge in [-0.1, -0.05) is 11.3 Å². The normalized spacial score (nSPS) is 18.7. The van der Waals surface area contributed by atoms with Gasteiger partial charge in [-0.3, -0.25) is 14.7 Å². The fraction of sp³-hybridized carbons (Fsp3) is 0.429. The summed E-state index contributed by atoms with van der Waals surface area (Å²) < 4.78 is 32.8. The van der Waals surface area contributed by atoms with Crippen molar-refractivity contribution in [3.05, 3.63) is 42.6 Å². The predicted octanol–water partition coefficient (Wildman–Crippen LogP) is 3.64. The molecule has 168 valence electrons. The molecule has 1 atom stereocenters. The molecular formula is C21H24N6O3S2. The molecule has 3 aromatic rings. The van der Waals surface area contributed by atoms with Crippen molar-refractivity contribution in [1.29, 1.82) is 0 Å². The van der Waals surface area contributed by atoms with Gasteiger partial charge in [-0.25, -0.2) is 18.4 Å². The van der Waals surface area contributed by atoms with Gasteiger partial charge in [0, 0.05) is 18.9 Å². The molecule has 11 heteroatoms. The van der Waals surface area contributed by atoms with E-state index in [2.05, 4.69) is 29.6 Å². The van der Waals surface area contributed by atoms with Crippen LogP contribution in [-0.4, -0.2) is 46.8 Å². The van der Waals surface area contributed by atoms with Crippen molar-refractivity contribution in [1.82, 2.24) is 19.9 Å². The molecule has 0 radical (unpaired) electrons. The number of nitrogens with one attached hydrogen (secondary N) is 1. The van der Waals surface area contributed by atoms with Crippen LogP contribution in [0.15, 0.2) is 37.1 Å². The Bertz CT molecular complexity index is 1210. The van der Waals surface area contributed by atoms with E-state index in [0.717, 1.165) is 53.5 Å². The number of aromatic nitrogens is 4. The molecule has 5 rings (SSSR count). The van der Waals surface area contributed by atoms with E-state index in [0.29, 0.717) is 18.2 Å². The Labute approximate surface area is 191 Å². The highest BCUT2D eigenvalue weighted by Gasteiger charge is 2.36. The van der Waals surface area contributed by atoms with E-state index in [1.807, 2.05) is 25.4 Å². The number of hydrogen-bond acceptors (Lipinski definition) is 9. The molecule has 9 nitrogen and oxygen atoms in total. The summed E-state index contributed by atoms with van der Waals surface area (Å²) >= 11 is 1.56. The Morgan fingerprint density at radius 2 is 2.00 bits per heavy atom. The fourth-order valence-corrected chi connectivity index (χ4v) is 6.17. The first-order chi connectivity index (χ1) is 15.5. The minimum atomic E-state index is -3.32. The first-order valence-corrected chi connectivity index (χ1v) is 13.0. The molecule has 1 N–H and O–H groups in total. The number of anilines is 2. The third kappa shape index (κ3) is 4.40. The number of pyridine rings is 1. The summed E-state index contributed by atoms with van der Waals surface area (Å²) in [4.78, 5) is 20.8. The third-order valence-corrected chi connectivity index (χ3v) is 8.44. The van der Waals surface area contributed by atoms with Crippen molar-refractivity contribution in [3.63, 3.8) is 0 Å². The van der Waals surface area contributed by atoms with Crippen molar-refractivity contribution < 1.29 is 13.2 Å². The Balaban J connectivity index is 1.37. The molecule has 1 saturated heterocycles. The van der Waals surface area contributed by atoms with Gasteiger partial charge in [0.2, 0.25) is 15.9 Å². The summed E-state index contributed by atoms with van der Waals surface area (Å²) in [5, 5.41) is 0.627. The van der Waals surface area contributed by atoms with Crippen LogP contribution in [0.5, 0.6) is 5.88 Å². The van der Waals surface area contributed by atoms with E-state index in [9.17, 15) is 8.42 Å². The monoisotopic (exact) mass is 472 g/mol. The Morgan fingerprint density at radius 3 is 2.81 bits per heavy atom. The number of hydrogen-bond donors (Lipinski definition) is 1. The van der Waals surface area contributed by atoms with E-state index in [-0.39, 0.29) is 11.3 Å². The predicted molar refractivity (Wildman–Crippen MR) is 123 cm³/mol. The molecule has 0 spiro atoms. The Hall–Kier alpha value is -2.79. The molecule has 4 heterocycles. The van der Waals surface area contributed by atoms with Gasteiger partial charge in [-0.15, -0.1) is 0 Å². The molecule has 1 unspecified atom stereocenters. The highest BCUT2D eigenvalue weighted by atomic mass is 32.2. The van der Waals surface area contributed by atoms with Crippen LogP contribution in [0.3, 0.4) is 0 Å². The van der Waals surface area contributed by atoms with E-state index < -0.39 is 10.0 Å². The number of nitrogens with zero attached hydrogens (tertiary/aromatic N) is 5. The third-order valence-electron chi connectivity index (χ3n) is 5.52.